The van der Waals surface area contributed by atoms with E-state index in [1.165, 1.54) is 0 Å². The Balaban J connectivity index is 0.00000289. The third-order valence-electron chi connectivity index (χ3n) is 6.32. The molecule has 10 heteroatoms. The van der Waals surface area contributed by atoms with Gasteiger partial charge in [-0.2, -0.15) is 4.98 Å². The van der Waals surface area contributed by atoms with Gasteiger partial charge >= 0.3 is 0 Å². The number of aromatic nitrogens is 4. The molecule has 0 bridgehead atoms. The van der Waals surface area contributed by atoms with Gasteiger partial charge in [0.1, 0.15) is 11.6 Å². The van der Waals surface area contributed by atoms with Gasteiger partial charge in [0.15, 0.2) is 11.0 Å². The van der Waals surface area contributed by atoms with Crippen molar-refractivity contribution in [2.75, 3.05) is 60.6 Å². The van der Waals surface area contributed by atoms with Crippen LogP contribution >= 0.6 is 11.6 Å². The molecule has 0 spiro atoms. The van der Waals surface area contributed by atoms with Gasteiger partial charge in [-0.25, -0.2) is 19.3 Å². The second-order valence-electron chi connectivity index (χ2n) is 8.63. The maximum absolute atomic E-state index is 14.4. The highest BCUT2D eigenvalue weighted by Gasteiger charge is 2.28. The number of nitrogens with zero attached hydrogens (tertiary/aromatic N) is 7. The number of ether oxygens (including phenoxy) is 1. The van der Waals surface area contributed by atoms with E-state index in [0.717, 1.165) is 44.1 Å². The lowest BCUT2D eigenvalue weighted by Gasteiger charge is -2.41. The molecule has 2 saturated heterocycles. The van der Waals surface area contributed by atoms with Crippen LogP contribution in [0.5, 0.6) is 0 Å². The molecule has 2 aliphatic rings. The molecule has 2 fully saturated rings. The number of anilines is 3. The first kappa shape index (κ1) is 25.1. The summed E-state index contributed by atoms with van der Waals surface area (Å²) in [7, 11) is 0. The van der Waals surface area contributed by atoms with E-state index >= 15 is 0 Å². The van der Waals surface area contributed by atoms with Crippen LogP contribution in [0.4, 0.5) is 22.0 Å². The summed E-state index contributed by atoms with van der Waals surface area (Å²) < 4.78 is 19.9. The minimum Gasteiger partial charge on any atom is -0.378 e. The van der Waals surface area contributed by atoms with Crippen molar-refractivity contribution in [1.82, 2.24) is 19.9 Å². The standard InChI is InChI=1S/C24H27ClFN7O.CH4/c1-16-3-4-18(13-19(16)26)20-14-21(30-24(29-20)31-9-11-34-12-10-31)33-8-7-32(15-17(33)2)23-22(25)27-5-6-28-23;/h3-6,13-14,17H,7-12,15H2,1-2H3;1H4/t17-;/m1./s1. The van der Waals surface area contributed by atoms with E-state index in [0.29, 0.717) is 41.4 Å². The molecule has 0 radical (unpaired) electrons. The molecule has 0 aliphatic carbocycles. The summed E-state index contributed by atoms with van der Waals surface area (Å²) in [6.45, 7) is 8.81. The maximum atomic E-state index is 14.4. The van der Waals surface area contributed by atoms with Crippen LogP contribution in [-0.4, -0.2) is 71.9 Å². The van der Waals surface area contributed by atoms with Crippen molar-refractivity contribution in [1.29, 1.82) is 0 Å². The van der Waals surface area contributed by atoms with Crippen LogP contribution in [-0.2, 0) is 4.74 Å². The van der Waals surface area contributed by atoms with Crippen molar-refractivity contribution in [2.24, 2.45) is 0 Å². The van der Waals surface area contributed by atoms with Crippen molar-refractivity contribution < 1.29 is 9.13 Å². The molecule has 0 unspecified atom stereocenters. The van der Waals surface area contributed by atoms with Gasteiger partial charge in [0.25, 0.3) is 0 Å². The molecule has 2 aliphatic heterocycles. The van der Waals surface area contributed by atoms with E-state index < -0.39 is 0 Å². The Morgan fingerprint density at radius 1 is 1.00 bits per heavy atom. The molecule has 4 heterocycles. The van der Waals surface area contributed by atoms with Gasteiger partial charge in [-0.1, -0.05) is 31.2 Å². The van der Waals surface area contributed by atoms with Crippen LogP contribution in [0.3, 0.4) is 0 Å². The summed E-state index contributed by atoms with van der Waals surface area (Å²) in [6.07, 6.45) is 3.25. The minimum absolute atomic E-state index is 0. The van der Waals surface area contributed by atoms with E-state index in [4.69, 9.17) is 26.3 Å². The Labute approximate surface area is 210 Å². The van der Waals surface area contributed by atoms with Gasteiger partial charge in [-0.3, -0.25) is 0 Å². The van der Waals surface area contributed by atoms with E-state index in [9.17, 15) is 4.39 Å². The molecule has 2 aromatic heterocycles. The molecular weight excluding hydrogens is 469 g/mol. The highest BCUT2D eigenvalue weighted by atomic mass is 35.5. The number of hydrogen-bond acceptors (Lipinski definition) is 8. The highest BCUT2D eigenvalue weighted by molar-refractivity contribution is 6.31. The van der Waals surface area contributed by atoms with E-state index in [1.54, 1.807) is 31.5 Å². The molecule has 0 amide bonds. The fourth-order valence-electron chi connectivity index (χ4n) is 4.39. The zero-order valence-electron chi connectivity index (χ0n) is 19.3. The number of morpholine rings is 1. The van der Waals surface area contributed by atoms with Gasteiger partial charge in [-0.05, 0) is 25.5 Å². The summed E-state index contributed by atoms with van der Waals surface area (Å²) in [5.41, 5.74) is 2.05. The zero-order chi connectivity index (χ0) is 23.7. The topological polar surface area (TPSA) is 70.5 Å². The lowest BCUT2D eigenvalue weighted by Crippen LogP contribution is -2.53. The van der Waals surface area contributed by atoms with Crippen molar-refractivity contribution in [2.45, 2.75) is 27.3 Å². The zero-order valence-corrected chi connectivity index (χ0v) is 20.0. The smallest absolute Gasteiger partial charge is 0.228 e. The second-order valence-corrected chi connectivity index (χ2v) is 8.99. The van der Waals surface area contributed by atoms with Crippen LogP contribution in [0.25, 0.3) is 11.3 Å². The van der Waals surface area contributed by atoms with Gasteiger partial charge in [0, 0.05) is 62.8 Å². The molecule has 0 N–H and O–H groups in total. The molecular formula is C25H31ClFN7O. The van der Waals surface area contributed by atoms with Crippen LogP contribution in [0.1, 0.15) is 19.9 Å². The molecule has 1 aromatic carbocycles. The van der Waals surface area contributed by atoms with E-state index in [1.807, 2.05) is 12.1 Å². The Morgan fingerprint density at radius 2 is 1.77 bits per heavy atom. The average Bonchev–Trinajstić information content (AvgIpc) is 2.86. The summed E-state index contributed by atoms with van der Waals surface area (Å²) in [6, 6.07) is 7.33. The number of piperazine rings is 1. The summed E-state index contributed by atoms with van der Waals surface area (Å²) in [5.74, 6) is 1.92. The van der Waals surface area contributed by atoms with Gasteiger partial charge in [0.05, 0.1) is 18.9 Å². The number of rotatable bonds is 4. The summed E-state index contributed by atoms with van der Waals surface area (Å²) in [5, 5.41) is 0.406. The lowest BCUT2D eigenvalue weighted by atomic mass is 10.1. The lowest BCUT2D eigenvalue weighted by molar-refractivity contribution is 0.122. The first-order valence-electron chi connectivity index (χ1n) is 11.5. The third-order valence-corrected chi connectivity index (χ3v) is 6.59. The quantitative estimate of drug-likeness (QED) is 0.528. The normalized spacial score (nSPS) is 18.4. The van der Waals surface area contributed by atoms with Crippen molar-refractivity contribution in [3.8, 4) is 11.3 Å². The van der Waals surface area contributed by atoms with Gasteiger partial charge in [-0.15, -0.1) is 0 Å². The number of benzene rings is 1. The van der Waals surface area contributed by atoms with Crippen LogP contribution < -0.4 is 14.7 Å². The molecule has 3 aromatic rings. The predicted octanol–water partition coefficient (Wildman–Crippen LogP) is 4.22. The minimum atomic E-state index is -0.242. The van der Waals surface area contributed by atoms with Gasteiger partial charge in [0.2, 0.25) is 5.95 Å². The van der Waals surface area contributed by atoms with Crippen molar-refractivity contribution in [3.63, 3.8) is 0 Å². The third kappa shape index (κ3) is 5.31. The fraction of sp³-hybridized carbons (Fsp3) is 0.440. The maximum Gasteiger partial charge on any atom is 0.228 e. The summed E-state index contributed by atoms with van der Waals surface area (Å²) in [4.78, 5) is 24.9. The Bertz CT molecular complexity index is 1170. The largest absolute Gasteiger partial charge is 0.378 e. The average molecular weight is 500 g/mol. The Kier molecular flexibility index (Phi) is 7.66. The summed E-state index contributed by atoms with van der Waals surface area (Å²) >= 11 is 6.28. The molecule has 186 valence electrons. The van der Waals surface area contributed by atoms with Crippen LogP contribution in [0.2, 0.25) is 5.15 Å². The molecule has 0 saturated carbocycles. The first-order chi connectivity index (χ1) is 16.5. The molecule has 35 heavy (non-hydrogen) atoms. The van der Waals surface area contributed by atoms with E-state index in [-0.39, 0.29) is 19.3 Å². The van der Waals surface area contributed by atoms with Crippen LogP contribution in [0, 0.1) is 12.7 Å². The molecule has 1 atom stereocenters. The number of aryl methyl sites for hydroxylation is 1. The Hall–Kier alpha value is -3.04. The number of halogens is 2. The predicted molar refractivity (Wildman–Crippen MR) is 138 cm³/mol. The van der Waals surface area contributed by atoms with Gasteiger partial charge < -0.3 is 19.4 Å². The first-order valence-corrected chi connectivity index (χ1v) is 11.8. The van der Waals surface area contributed by atoms with Crippen molar-refractivity contribution >= 4 is 29.2 Å². The number of hydrogen-bond donors (Lipinski definition) is 0. The van der Waals surface area contributed by atoms with Crippen molar-refractivity contribution in [3.05, 3.63) is 53.2 Å². The SMILES string of the molecule is C.Cc1ccc(-c2cc(N3CCN(c4nccnc4Cl)C[C@H]3C)nc(N3CCOCC3)n2)cc1F. The fourth-order valence-corrected chi connectivity index (χ4v) is 4.61. The second kappa shape index (κ2) is 10.7. The molecule has 5 rings (SSSR count). The Morgan fingerprint density at radius 3 is 2.49 bits per heavy atom. The monoisotopic (exact) mass is 499 g/mol. The highest BCUT2D eigenvalue weighted by Crippen LogP contribution is 2.30. The van der Waals surface area contributed by atoms with E-state index in [2.05, 4.69) is 31.6 Å². The van der Waals surface area contributed by atoms with Crippen LogP contribution in [0.15, 0.2) is 36.7 Å². The molecule has 8 nitrogen and oxygen atoms in total.